The van der Waals surface area contributed by atoms with Crippen LogP contribution in [0.1, 0.15) is 11.5 Å². The molecule has 1 aromatic carbocycles. The number of carboxylic acid groups (broad SMARTS) is 1. The Morgan fingerprint density at radius 1 is 1.38 bits per heavy atom. The van der Waals surface area contributed by atoms with Crippen LogP contribution in [-0.4, -0.2) is 35.2 Å². The predicted octanol–water partition coefficient (Wildman–Crippen LogP) is 1.23. The Kier molecular flexibility index (Phi) is 2.78. The fourth-order valence-corrected chi connectivity index (χ4v) is 2.05. The van der Waals surface area contributed by atoms with Crippen LogP contribution >= 0.6 is 0 Å². The van der Waals surface area contributed by atoms with Gasteiger partial charge in [-0.25, -0.2) is 9.18 Å². The molecule has 1 heterocycles. The second-order valence-electron chi connectivity index (χ2n) is 4.01. The zero-order chi connectivity index (χ0) is 11.7. The van der Waals surface area contributed by atoms with Gasteiger partial charge in [-0.2, -0.15) is 0 Å². The predicted molar refractivity (Wildman–Crippen MR) is 56.7 cm³/mol. The zero-order valence-electron chi connectivity index (χ0n) is 8.64. The highest BCUT2D eigenvalue weighted by atomic mass is 19.1. The van der Waals surface area contributed by atoms with Crippen LogP contribution in [-0.2, 0) is 0 Å². The molecule has 0 aliphatic carbocycles. The maximum atomic E-state index is 12.7. The van der Waals surface area contributed by atoms with Crippen LogP contribution in [0.4, 0.5) is 9.18 Å². The molecule has 16 heavy (non-hydrogen) atoms. The Bertz CT molecular complexity index is 393. The van der Waals surface area contributed by atoms with E-state index in [4.69, 9.17) is 10.8 Å². The third-order valence-corrected chi connectivity index (χ3v) is 2.93. The third-order valence-electron chi connectivity index (χ3n) is 2.93. The van der Waals surface area contributed by atoms with Gasteiger partial charge in [-0.1, -0.05) is 12.1 Å². The van der Waals surface area contributed by atoms with Gasteiger partial charge in [0.2, 0.25) is 0 Å². The second-order valence-corrected chi connectivity index (χ2v) is 4.01. The van der Waals surface area contributed by atoms with Gasteiger partial charge in [0.25, 0.3) is 0 Å². The van der Waals surface area contributed by atoms with Gasteiger partial charge < -0.3 is 15.7 Å². The number of likely N-dealkylation sites (tertiary alicyclic amines) is 1. The van der Waals surface area contributed by atoms with Gasteiger partial charge in [0, 0.05) is 25.0 Å². The van der Waals surface area contributed by atoms with Crippen molar-refractivity contribution in [3.8, 4) is 0 Å². The quantitative estimate of drug-likeness (QED) is 0.754. The standard InChI is InChI=1S/C11H13FN2O2/c12-8-3-1-7(2-4-8)9-5-14(11(15)16)6-10(9)13/h1-4,9-10H,5-6,13H2,(H,15,16)/t9-,10+/m0/s1. The number of hydrogen-bond acceptors (Lipinski definition) is 2. The average molecular weight is 224 g/mol. The summed E-state index contributed by atoms with van der Waals surface area (Å²) in [6, 6.07) is 5.83. The van der Waals surface area contributed by atoms with E-state index < -0.39 is 6.09 Å². The molecule has 5 heteroatoms. The van der Waals surface area contributed by atoms with Gasteiger partial charge in [-0.15, -0.1) is 0 Å². The Morgan fingerprint density at radius 3 is 2.50 bits per heavy atom. The first-order valence-corrected chi connectivity index (χ1v) is 5.07. The number of nitrogens with two attached hydrogens (primary N) is 1. The van der Waals surface area contributed by atoms with Crippen LogP contribution in [0.2, 0.25) is 0 Å². The Morgan fingerprint density at radius 2 is 2.00 bits per heavy atom. The molecule has 4 nitrogen and oxygen atoms in total. The highest BCUT2D eigenvalue weighted by Crippen LogP contribution is 2.26. The molecule has 1 fully saturated rings. The number of benzene rings is 1. The molecule has 1 saturated heterocycles. The Hall–Kier alpha value is -1.62. The monoisotopic (exact) mass is 224 g/mol. The third kappa shape index (κ3) is 1.99. The summed E-state index contributed by atoms with van der Waals surface area (Å²) in [4.78, 5) is 12.1. The maximum Gasteiger partial charge on any atom is 0.407 e. The van der Waals surface area contributed by atoms with Crippen molar-refractivity contribution >= 4 is 6.09 Å². The van der Waals surface area contributed by atoms with Crippen molar-refractivity contribution in [1.29, 1.82) is 0 Å². The lowest BCUT2D eigenvalue weighted by Gasteiger charge is -2.14. The fraction of sp³-hybridized carbons (Fsp3) is 0.364. The molecule has 2 atom stereocenters. The van der Waals surface area contributed by atoms with Crippen LogP contribution in [0.3, 0.4) is 0 Å². The van der Waals surface area contributed by atoms with Gasteiger partial charge in [0.15, 0.2) is 0 Å². The molecule has 1 aromatic rings. The molecule has 1 aliphatic heterocycles. The Labute approximate surface area is 92.5 Å². The van der Waals surface area contributed by atoms with Crippen LogP contribution < -0.4 is 5.73 Å². The fourth-order valence-electron chi connectivity index (χ4n) is 2.05. The smallest absolute Gasteiger partial charge is 0.407 e. The minimum absolute atomic E-state index is 0.0447. The van der Waals surface area contributed by atoms with E-state index in [1.807, 2.05) is 0 Å². The van der Waals surface area contributed by atoms with Gasteiger partial charge in [-0.3, -0.25) is 0 Å². The average Bonchev–Trinajstić information content (AvgIpc) is 2.62. The van der Waals surface area contributed by atoms with Gasteiger partial charge in [0.05, 0.1) is 0 Å². The van der Waals surface area contributed by atoms with E-state index in [-0.39, 0.29) is 17.8 Å². The summed E-state index contributed by atoms with van der Waals surface area (Å²) >= 11 is 0. The van der Waals surface area contributed by atoms with E-state index in [0.29, 0.717) is 13.1 Å². The number of carbonyl (C=O) groups is 1. The molecule has 86 valence electrons. The van der Waals surface area contributed by atoms with Crippen molar-refractivity contribution < 1.29 is 14.3 Å². The molecule has 2 rings (SSSR count). The van der Waals surface area contributed by atoms with Crippen LogP contribution in [0.5, 0.6) is 0 Å². The molecule has 0 spiro atoms. The van der Waals surface area contributed by atoms with Crippen molar-refractivity contribution in [2.75, 3.05) is 13.1 Å². The molecule has 0 unspecified atom stereocenters. The summed E-state index contributed by atoms with van der Waals surface area (Å²) in [6.45, 7) is 0.708. The molecule has 0 radical (unpaired) electrons. The van der Waals surface area contributed by atoms with Crippen molar-refractivity contribution in [3.63, 3.8) is 0 Å². The summed E-state index contributed by atoms with van der Waals surface area (Å²) in [5.41, 5.74) is 6.77. The summed E-state index contributed by atoms with van der Waals surface area (Å²) in [7, 11) is 0. The molecular weight excluding hydrogens is 211 g/mol. The van der Waals surface area contributed by atoms with E-state index in [9.17, 15) is 9.18 Å². The lowest BCUT2D eigenvalue weighted by Crippen LogP contribution is -2.31. The van der Waals surface area contributed by atoms with Gasteiger partial charge in [0.1, 0.15) is 5.82 Å². The van der Waals surface area contributed by atoms with Gasteiger partial charge >= 0.3 is 6.09 Å². The summed E-state index contributed by atoms with van der Waals surface area (Å²) in [5, 5.41) is 8.85. The number of nitrogens with zero attached hydrogens (tertiary/aromatic N) is 1. The molecule has 3 N–H and O–H groups in total. The number of hydrogen-bond donors (Lipinski definition) is 2. The van der Waals surface area contributed by atoms with Crippen molar-refractivity contribution in [1.82, 2.24) is 4.90 Å². The zero-order valence-corrected chi connectivity index (χ0v) is 8.64. The first kappa shape index (κ1) is 10.9. The maximum absolute atomic E-state index is 12.7. The second kappa shape index (κ2) is 4.09. The minimum Gasteiger partial charge on any atom is -0.465 e. The van der Waals surface area contributed by atoms with Crippen molar-refractivity contribution in [2.24, 2.45) is 5.73 Å². The van der Waals surface area contributed by atoms with Crippen LogP contribution in [0, 0.1) is 5.82 Å². The van der Waals surface area contributed by atoms with Crippen LogP contribution in [0.15, 0.2) is 24.3 Å². The Balaban J connectivity index is 2.16. The van der Waals surface area contributed by atoms with Crippen LogP contribution in [0.25, 0.3) is 0 Å². The van der Waals surface area contributed by atoms with E-state index in [1.165, 1.54) is 17.0 Å². The molecule has 1 amide bonds. The molecular formula is C11H13FN2O2. The molecule has 1 aliphatic rings. The normalized spacial score (nSPS) is 24.8. The highest BCUT2D eigenvalue weighted by Gasteiger charge is 2.33. The molecule has 0 saturated carbocycles. The highest BCUT2D eigenvalue weighted by molar-refractivity contribution is 5.65. The van der Waals surface area contributed by atoms with E-state index in [1.54, 1.807) is 12.1 Å². The lowest BCUT2D eigenvalue weighted by atomic mass is 9.95. The largest absolute Gasteiger partial charge is 0.465 e. The molecule has 0 aromatic heterocycles. The first-order chi connectivity index (χ1) is 7.58. The molecule has 0 bridgehead atoms. The van der Waals surface area contributed by atoms with Crippen molar-refractivity contribution in [3.05, 3.63) is 35.6 Å². The minimum atomic E-state index is -0.958. The first-order valence-electron chi connectivity index (χ1n) is 5.07. The van der Waals surface area contributed by atoms with Crippen molar-refractivity contribution in [2.45, 2.75) is 12.0 Å². The van der Waals surface area contributed by atoms with E-state index in [2.05, 4.69) is 0 Å². The SMILES string of the molecule is N[C@@H]1CN(C(=O)O)C[C@H]1c1ccc(F)cc1. The van der Waals surface area contributed by atoms with E-state index >= 15 is 0 Å². The van der Waals surface area contributed by atoms with E-state index in [0.717, 1.165) is 5.56 Å². The number of rotatable bonds is 1. The summed E-state index contributed by atoms with van der Waals surface area (Å²) < 4.78 is 12.7. The summed E-state index contributed by atoms with van der Waals surface area (Å²) in [6.07, 6.45) is -0.958. The topological polar surface area (TPSA) is 66.6 Å². The number of halogens is 1. The lowest BCUT2D eigenvalue weighted by molar-refractivity contribution is 0.154. The number of amides is 1. The van der Waals surface area contributed by atoms with Gasteiger partial charge in [-0.05, 0) is 17.7 Å². The summed E-state index contributed by atoms with van der Waals surface area (Å²) in [5.74, 6) is -0.345.